The van der Waals surface area contributed by atoms with Crippen LogP contribution in [0.15, 0.2) is 49.6 Å². The summed E-state index contributed by atoms with van der Waals surface area (Å²) in [5.74, 6) is 1.59. The molecule has 0 aliphatic heterocycles. The van der Waals surface area contributed by atoms with Crippen LogP contribution in [0, 0.1) is 0 Å². The van der Waals surface area contributed by atoms with Crippen LogP contribution >= 0.6 is 0 Å². The quantitative estimate of drug-likeness (QED) is 0.520. The molecule has 0 spiro atoms. The van der Waals surface area contributed by atoms with Gasteiger partial charge in [-0.25, -0.2) is 0 Å². The van der Waals surface area contributed by atoms with Gasteiger partial charge in [-0.1, -0.05) is 66.8 Å². The van der Waals surface area contributed by atoms with E-state index in [2.05, 4.69) is 79.0 Å². The number of hydrogen-bond acceptors (Lipinski definition) is 2. The van der Waals surface area contributed by atoms with Crippen molar-refractivity contribution in [2.24, 2.45) is 0 Å². The van der Waals surface area contributed by atoms with Gasteiger partial charge in [0.2, 0.25) is 0 Å². The molecule has 0 amide bonds. The lowest BCUT2D eigenvalue weighted by Gasteiger charge is -2.24. The molecule has 0 fully saturated rings. The van der Waals surface area contributed by atoms with Gasteiger partial charge < -0.3 is 9.47 Å². The molecule has 0 aromatic heterocycles. The predicted molar refractivity (Wildman–Crippen MR) is 121 cm³/mol. The van der Waals surface area contributed by atoms with E-state index >= 15 is 0 Å². The van der Waals surface area contributed by atoms with Crippen molar-refractivity contribution in [1.82, 2.24) is 0 Å². The van der Waals surface area contributed by atoms with Gasteiger partial charge in [0.1, 0.15) is 11.5 Å². The van der Waals surface area contributed by atoms with E-state index in [1.165, 1.54) is 11.1 Å². The second-order valence-electron chi connectivity index (χ2n) is 9.29. The highest BCUT2D eigenvalue weighted by Gasteiger charge is 2.21. The summed E-state index contributed by atoms with van der Waals surface area (Å²) in [5, 5.41) is 0. The largest absolute Gasteiger partial charge is 0.496 e. The summed E-state index contributed by atoms with van der Waals surface area (Å²) in [7, 11) is 3.37. The first-order valence-corrected chi connectivity index (χ1v) is 9.66. The monoisotopic (exact) mass is 378 g/mol. The van der Waals surface area contributed by atoms with Crippen molar-refractivity contribution in [2.45, 2.75) is 52.4 Å². The number of rotatable bonds is 5. The Morgan fingerprint density at radius 3 is 1.21 bits per heavy atom. The Kier molecular flexibility index (Phi) is 6.13. The Bertz CT molecular complexity index is 814. The first kappa shape index (κ1) is 21.8. The molecule has 0 aliphatic carbocycles. The molecule has 28 heavy (non-hydrogen) atoms. The zero-order valence-corrected chi connectivity index (χ0v) is 18.7. The molecule has 0 heterocycles. The maximum atomic E-state index is 5.62. The molecule has 2 rings (SSSR count). The van der Waals surface area contributed by atoms with Crippen LogP contribution in [0.5, 0.6) is 11.5 Å². The van der Waals surface area contributed by atoms with E-state index in [1.54, 1.807) is 14.2 Å². The van der Waals surface area contributed by atoms with E-state index in [4.69, 9.17) is 9.47 Å². The highest BCUT2D eigenvalue weighted by molar-refractivity contribution is 6.05. The van der Waals surface area contributed by atoms with Crippen molar-refractivity contribution in [3.8, 4) is 11.5 Å². The fourth-order valence-corrected chi connectivity index (χ4v) is 3.15. The van der Waals surface area contributed by atoms with Crippen LogP contribution in [0.25, 0.3) is 11.1 Å². The van der Waals surface area contributed by atoms with E-state index in [1.807, 2.05) is 12.1 Å². The summed E-state index contributed by atoms with van der Waals surface area (Å²) in [6.07, 6.45) is 0. The Labute approximate surface area is 170 Å². The fourth-order valence-electron chi connectivity index (χ4n) is 3.15. The van der Waals surface area contributed by atoms with Gasteiger partial charge in [0, 0.05) is 11.1 Å². The highest BCUT2D eigenvalue weighted by Crippen LogP contribution is 2.40. The molecule has 0 atom stereocenters. The van der Waals surface area contributed by atoms with Gasteiger partial charge in [-0.3, -0.25) is 0 Å². The predicted octanol–water partition coefficient (Wildman–Crippen LogP) is 7.03. The zero-order valence-electron chi connectivity index (χ0n) is 18.7. The minimum atomic E-state index is 0.0342. The van der Waals surface area contributed by atoms with Gasteiger partial charge in [0.05, 0.1) is 14.2 Å². The lowest BCUT2D eigenvalue weighted by molar-refractivity contribution is 0.412. The molecule has 0 N–H and O–H groups in total. The fraction of sp³-hybridized carbons (Fsp3) is 0.385. The van der Waals surface area contributed by atoms with E-state index in [9.17, 15) is 0 Å². The molecule has 2 aromatic carbocycles. The van der Waals surface area contributed by atoms with Crippen LogP contribution in [0.3, 0.4) is 0 Å². The SMILES string of the molecule is C=C(C(=C)c1cc(C(C)(C)C)ccc1OC)c1cc(C(C)(C)C)ccc1OC. The molecule has 0 bridgehead atoms. The molecule has 150 valence electrons. The third-order valence-corrected chi connectivity index (χ3v) is 5.15. The lowest BCUT2D eigenvalue weighted by atomic mass is 9.82. The summed E-state index contributed by atoms with van der Waals surface area (Å²) in [4.78, 5) is 0. The van der Waals surface area contributed by atoms with Crippen molar-refractivity contribution >= 4 is 11.1 Å². The van der Waals surface area contributed by atoms with Crippen LogP contribution < -0.4 is 9.47 Å². The Balaban J connectivity index is 2.58. The first-order valence-electron chi connectivity index (χ1n) is 9.66. The molecule has 0 unspecified atom stereocenters. The van der Waals surface area contributed by atoms with E-state index in [0.717, 1.165) is 33.8 Å². The molecule has 2 nitrogen and oxygen atoms in total. The van der Waals surface area contributed by atoms with Crippen molar-refractivity contribution < 1.29 is 9.47 Å². The van der Waals surface area contributed by atoms with E-state index in [-0.39, 0.29) is 10.8 Å². The Morgan fingerprint density at radius 2 is 0.964 bits per heavy atom. The standard InChI is InChI=1S/C26H34O2/c1-17(21-15-19(25(3,4)5)11-13-23(21)27-9)18(2)22-16-20(26(6,7)8)12-14-24(22)28-10/h11-16H,1-2H2,3-10H3. The number of hydrogen-bond donors (Lipinski definition) is 0. The summed E-state index contributed by atoms with van der Waals surface area (Å²) in [5.41, 5.74) is 6.13. The average Bonchev–Trinajstić information content (AvgIpc) is 2.64. The first-order chi connectivity index (χ1) is 12.9. The van der Waals surface area contributed by atoms with E-state index in [0.29, 0.717) is 0 Å². The van der Waals surface area contributed by atoms with Crippen LogP contribution in [-0.2, 0) is 10.8 Å². The minimum absolute atomic E-state index is 0.0342. The van der Waals surface area contributed by atoms with Crippen molar-refractivity contribution in [2.75, 3.05) is 14.2 Å². The maximum absolute atomic E-state index is 5.62. The lowest BCUT2D eigenvalue weighted by Crippen LogP contribution is -2.12. The van der Waals surface area contributed by atoms with Gasteiger partial charge in [0.25, 0.3) is 0 Å². The second-order valence-corrected chi connectivity index (χ2v) is 9.29. The molecule has 0 radical (unpaired) electrons. The number of allylic oxidation sites excluding steroid dienone is 2. The van der Waals surface area contributed by atoms with E-state index < -0.39 is 0 Å². The molecule has 0 saturated carbocycles. The normalized spacial score (nSPS) is 11.9. The smallest absolute Gasteiger partial charge is 0.126 e. The molecule has 2 heteroatoms. The molecular formula is C26H34O2. The van der Waals surface area contributed by atoms with Crippen LogP contribution in [0.2, 0.25) is 0 Å². The Morgan fingerprint density at radius 1 is 0.643 bits per heavy atom. The average molecular weight is 379 g/mol. The minimum Gasteiger partial charge on any atom is -0.496 e. The number of benzene rings is 2. The third-order valence-electron chi connectivity index (χ3n) is 5.15. The van der Waals surface area contributed by atoms with Crippen LogP contribution in [-0.4, -0.2) is 14.2 Å². The van der Waals surface area contributed by atoms with Crippen LogP contribution in [0.4, 0.5) is 0 Å². The summed E-state index contributed by atoms with van der Waals surface area (Å²) < 4.78 is 11.2. The summed E-state index contributed by atoms with van der Waals surface area (Å²) >= 11 is 0. The van der Waals surface area contributed by atoms with Gasteiger partial charge in [-0.05, 0) is 57.4 Å². The van der Waals surface area contributed by atoms with Crippen LogP contribution in [0.1, 0.15) is 63.8 Å². The number of methoxy groups -OCH3 is 2. The summed E-state index contributed by atoms with van der Waals surface area (Å²) in [6.45, 7) is 21.9. The van der Waals surface area contributed by atoms with Crippen molar-refractivity contribution in [3.63, 3.8) is 0 Å². The zero-order chi connectivity index (χ0) is 21.3. The molecule has 0 saturated heterocycles. The molecule has 2 aromatic rings. The van der Waals surface area contributed by atoms with Crippen molar-refractivity contribution in [3.05, 3.63) is 71.8 Å². The van der Waals surface area contributed by atoms with Crippen molar-refractivity contribution in [1.29, 1.82) is 0 Å². The van der Waals surface area contributed by atoms with Gasteiger partial charge in [-0.15, -0.1) is 0 Å². The van der Waals surface area contributed by atoms with Gasteiger partial charge >= 0.3 is 0 Å². The summed E-state index contributed by atoms with van der Waals surface area (Å²) in [6, 6.07) is 12.6. The third kappa shape index (κ3) is 4.49. The maximum Gasteiger partial charge on any atom is 0.126 e. The van der Waals surface area contributed by atoms with Gasteiger partial charge in [0.15, 0.2) is 0 Å². The molecule has 0 aliphatic rings. The second kappa shape index (κ2) is 7.87. The Hall–Kier alpha value is -2.48. The molecular weight excluding hydrogens is 344 g/mol. The topological polar surface area (TPSA) is 18.5 Å². The highest BCUT2D eigenvalue weighted by atomic mass is 16.5. The van der Waals surface area contributed by atoms with Gasteiger partial charge in [-0.2, -0.15) is 0 Å². The number of ether oxygens (including phenoxy) is 2.